The molecule has 3 aromatic carbocycles. The van der Waals surface area contributed by atoms with Gasteiger partial charge in [0.1, 0.15) is 11.6 Å². The summed E-state index contributed by atoms with van der Waals surface area (Å²) in [7, 11) is 3.45. The van der Waals surface area contributed by atoms with Gasteiger partial charge >= 0.3 is 12.4 Å². The number of rotatable bonds is 7. The number of nitrogens with zero attached hydrogens (tertiary/aromatic N) is 4. The molecule has 190 valence electrons. The minimum Gasteiger partial charge on any atom is -0.406 e. The van der Waals surface area contributed by atoms with Crippen LogP contribution in [0, 0.1) is 0 Å². The van der Waals surface area contributed by atoms with Gasteiger partial charge in [0.2, 0.25) is 5.95 Å². The molecule has 0 fully saturated rings. The van der Waals surface area contributed by atoms with E-state index in [0.717, 1.165) is 23.5 Å². The summed E-state index contributed by atoms with van der Waals surface area (Å²) >= 11 is 0. The Morgan fingerprint density at radius 2 is 1.49 bits per heavy atom. The van der Waals surface area contributed by atoms with Crippen molar-refractivity contribution < 1.29 is 22.7 Å². The predicted octanol–water partition coefficient (Wildman–Crippen LogP) is 6.56. The van der Waals surface area contributed by atoms with Gasteiger partial charge in [0, 0.05) is 43.0 Å². The van der Waals surface area contributed by atoms with Crippen molar-refractivity contribution in [2.75, 3.05) is 34.5 Å². The Labute approximate surface area is 211 Å². The third kappa shape index (κ3) is 6.88. The van der Waals surface area contributed by atoms with Crippen LogP contribution in [0.4, 0.5) is 52.5 Å². The molecular formula is C26H23F3N6O2. The molecule has 4 rings (SSSR count). The lowest BCUT2D eigenvalue weighted by molar-refractivity contribution is -0.274. The lowest BCUT2D eigenvalue weighted by Gasteiger charge is -2.22. The van der Waals surface area contributed by atoms with Crippen molar-refractivity contribution in [2.24, 2.45) is 0 Å². The highest BCUT2D eigenvalue weighted by Crippen LogP contribution is 2.27. The molecular weight excluding hydrogens is 485 g/mol. The summed E-state index contributed by atoms with van der Waals surface area (Å²) in [4.78, 5) is 24.7. The number of carbonyl (C=O) groups excluding carboxylic acids is 1. The lowest BCUT2D eigenvalue weighted by Crippen LogP contribution is -2.31. The third-order valence-corrected chi connectivity index (χ3v) is 5.28. The summed E-state index contributed by atoms with van der Waals surface area (Å²) in [5.74, 6) is 0.761. The molecule has 0 unspecified atom stereocenters. The van der Waals surface area contributed by atoms with E-state index in [2.05, 4.69) is 25.3 Å². The average Bonchev–Trinajstić information content (AvgIpc) is 2.89. The molecule has 2 N–H and O–H groups in total. The Bertz CT molecular complexity index is 1330. The summed E-state index contributed by atoms with van der Waals surface area (Å²) < 4.78 is 40.8. The fraction of sp³-hybridized carbons (Fsp3) is 0.115. The second kappa shape index (κ2) is 10.9. The third-order valence-electron chi connectivity index (χ3n) is 5.28. The van der Waals surface area contributed by atoms with Crippen molar-refractivity contribution >= 4 is 40.5 Å². The van der Waals surface area contributed by atoms with E-state index in [4.69, 9.17) is 0 Å². The molecule has 0 saturated carbocycles. The molecule has 0 bridgehead atoms. The zero-order chi connectivity index (χ0) is 26.4. The molecule has 0 aliphatic carbocycles. The maximum Gasteiger partial charge on any atom is 0.573 e. The van der Waals surface area contributed by atoms with Crippen LogP contribution in [0.5, 0.6) is 5.75 Å². The highest BCUT2D eigenvalue weighted by molar-refractivity contribution is 6.01. The van der Waals surface area contributed by atoms with Crippen molar-refractivity contribution in [3.05, 3.63) is 91.1 Å². The number of anilines is 6. The highest BCUT2D eigenvalue weighted by atomic mass is 19.4. The summed E-state index contributed by atoms with van der Waals surface area (Å²) in [6.07, 6.45) is -3.11. The number of aromatic nitrogens is 2. The number of urea groups is 1. The van der Waals surface area contributed by atoms with Crippen LogP contribution >= 0.6 is 0 Å². The van der Waals surface area contributed by atoms with Crippen molar-refractivity contribution in [1.29, 1.82) is 0 Å². The van der Waals surface area contributed by atoms with E-state index in [0.29, 0.717) is 23.1 Å². The lowest BCUT2D eigenvalue weighted by atomic mass is 10.2. The predicted molar refractivity (Wildman–Crippen MR) is 137 cm³/mol. The number of carbonyl (C=O) groups is 1. The quantitative estimate of drug-likeness (QED) is 0.294. The number of benzene rings is 3. The van der Waals surface area contributed by atoms with Crippen LogP contribution in [-0.2, 0) is 0 Å². The molecule has 0 radical (unpaired) electrons. The molecule has 0 aliphatic heterocycles. The van der Waals surface area contributed by atoms with Crippen LogP contribution in [0.1, 0.15) is 0 Å². The molecule has 1 heterocycles. The minimum atomic E-state index is -4.78. The molecule has 2 amide bonds. The molecule has 0 saturated heterocycles. The number of para-hydroxylation sites is 1. The number of hydrogen-bond donors (Lipinski definition) is 2. The second-order valence-electron chi connectivity index (χ2n) is 7.87. The van der Waals surface area contributed by atoms with Gasteiger partial charge in [-0.15, -0.1) is 13.2 Å². The molecule has 0 aliphatic rings. The van der Waals surface area contributed by atoms with E-state index < -0.39 is 12.4 Å². The van der Waals surface area contributed by atoms with E-state index in [9.17, 15) is 18.0 Å². The van der Waals surface area contributed by atoms with Crippen molar-refractivity contribution in [1.82, 2.24) is 9.97 Å². The monoisotopic (exact) mass is 508 g/mol. The van der Waals surface area contributed by atoms with Gasteiger partial charge in [-0.1, -0.05) is 18.2 Å². The van der Waals surface area contributed by atoms with Gasteiger partial charge in [0.05, 0.1) is 0 Å². The number of halogens is 3. The Morgan fingerprint density at radius 1 is 0.838 bits per heavy atom. The maximum absolute atomic E-state index is 12.6. The van der Waals surface area contributed by atoms with Gasteiger partial charge < -0.3 is 20.3 Å². The van der Waals surface area contributed by atoms with Gasteiger partial charge in [0.15, 0.2) is 0 Å². The zero-order valence-electron chi connectivity index (χ0n) is 19.9. The smallest absolute Gasteiger partial charge is 0.406 e. The summed E-state index contributed by atoms with van der Waals surface area (Å²) in [6.45, 7) is 0. The van der Waals surface area contributed by atoms with Crippen molar-refractivity contribution in [3.8, 4) is 5.75 Å². The molecule has 0 atom stereocenters. The van der Waals surface area contributed by atoms with E-state index in [1.165, 1.54) is 17.0 Å². The molecule has 8 nitrogen and oxygen atoms in total. The summed E-state index contributed by atoms with van der Waals surface area (Å²) in [5.41, 5.74) is 2.65. The first kappa shape index (κ1) is 25.3. The van der Waals surface area contributed by atoms with Gasteiger partial charge in [-0.05, 0) is 66.7 Å². The highest BCUT2D eigenvalue weighted by Gasteiger charge is 2.31. The fourth-order valence-electron chi connectivity index (χ4n) is 3.34. The number of amides is 2. The number of ether oxygens (including phenoxy) is 1. The molecule has 37 heavy (non-hydrogen) atoms. The SMILES string of the molecule is CN(C(=O)Nc1ccc(OC(F)(F)F)cc1)c1ccc(N(C)c2ccnc(Nc3ccccc3)n2)cc1. The number of nitrogens with one attached hydrogen (secondary N) is 2. The Morgan fingerprint density at radius 3 is 2.14 bits per heavy atom. The van der Waals surface area contributed by atoms with Crippen LogP contribution in [-0.4, -0.2) is 36.5 Å². The van der Waals surface area contributed by atoms with Gasteiger partial charge in [-0.3, -0.25) is 4.90 Å². The van der Waals surface area contributed by atoms with Crippen LogP contribution in [0.25, 0.3) is 0 Å². The van der Waals surface area contributed by atoms with Gasteiger partial charge in [-0.25, -0.2) is 9.78 Å². The molecule has 0 spiro atoms. The first-order chi connectivity index (χ1) is 17.7. The first-order valence-electron chi connectivity index (χ1n) is 11.1. The maximum atomic E-state index is 12.6. The van der Waals surface area contributed by atoms with Crippen molar-refractivity contribution in [3.63, 3.8) is 0 Å². The Hall–Kier alpha value is -4.80. The molecule has 4 aromatic rings. The zero-order valence-corrected chi connectivity index (χ0v) is 19.9. The van der Waals surface area contributed by atoms with E-state index >= 15 is 0 Å². The molecule has 1 aromatic heterocycles. The second-order valence-corrected chi connectivity index (χ2v) is 7.87. The summed E-state index contributed by atoms with van der Waals surface area (Å²) in [6, 6.07) is 23.1. The van der Waals surface area contributed by atoms with Gasteiger partial charge in [-0.2, -0.15) is 4.98 Å². The first-order valence-corrected chi connectivity index (χ1v) is 11.1. The summed E-state index contributed by atoms with van der Waals surface area (Å²) in [5, 5.41) is 5.80. The average molecular weight is 509 g/mol. The van der Waals surface area contributed by atoms with Crippen LogP contribution in [0.2, 0.25) is 0 Å². The van der Waals surface area contributed by atoms with E-state index in [-0.39, 0.29) is 5.75 Å². The standard InChI is InChI=1S/C26H23F3N6O2/c1-34(23-16-17-30-24(33-23)31-18-6-4-3-5-7-18)20-10-12-21(13-11-20)35(2)25(36)32-19-8-14-22(15-9-19)37-26(27,28)29/h3-17H,1-2H3,(H,32,36)(H,30,31,33). The van der Waals surface area contributed by atoms with Gasteiger partial charge in [0.25, 0.3) is 0 Å². The topological polar surface area (TPSA) is 82.6 Å². The fourth-order valence-corrected chi connectivity index (χ4v) is 3.34. The Balaban J connectivity index is 1.39. The van der Waals surface area contributed by atoms with Crippen molar-refractivity contribution in [2.45, 2.75) is 6.36 Å². The molecule has 11 heteroatoms. The van der Waals surface area contributed by atoms with Crippen LogP contribution < -0.4 is 25.2 Å². The van der Waals surface area contributed by atoms with Crippen LogP contribution in [0.15, 0.2) is 91.1 Å². The largest absolute Gasteiger partial charge is 0.573 e. The normalized spacial score (nSPS) is 10.9. The van der Waals surface area contributed by atoms with E-state index in [1.807, 2.05) is 54.4 Å². The number of hydrogen-bond acceptors (Lipinski definition) is 6. The Kier molecular flexibility index (Phi) is 7.42. The van der Waals surface area contributed by atoms with E-state index in [1.54, 1.807) is 31.4 Å². The number of alkyl halides is 3. The minimum absolute atomic E-state index is 0.325. The van der Waals surface area contributed by atoms with Crippen LogP contribution in [0.3, 0.4) is 0 Å².